The molecule has 2 heterocycles. The first-order valence-electron chi connectivity index (χ1n) is 7.30. The third-order valence-corrected chi connectivity index (χ3v) is 3.46. The molecule has 3 N–H and O–H groups in total. The standard InChI is InChI=1S/C15H20N6O2/c1-11(8-12(16)15(22)23)21(9-13-17-4-2-5-18-13)10-14-19-6-3-7-20-14/h2-7,11-12H,8-10,16H2,1H3,(H,22,23). The van der Waals surface area contributed by atoms with E-state index in [0.717, 1.165) is 0 Å². The maximum Gasteiger partial charge on any atom is 0.320 e. The number of aromatic nitrogens is 4. The van der Waals surface area contributed by atoms with Crippen molar-refractivity contribution in [3.05, 3.63) is 48.6 Å². The summed E-state index contributed by atoms with van der Waals surface area (Å²) in [5.41, 5.74) is 5.65. The highest BCUT2D eigenvalue weighted by Gasteiger charge is 2.22. The molecule has 2 unspecified atom stereocenters. The van der Waals surface area contributed by atoms with E-state index in [1.807, 2.05) is 11.8 Å². The fourth-order valence-electron chi connectivity index (χ4n) is 2.17. The molecule has 0 aliphatic heterocycles. The highest BCUT2D eigenvalue weighted by Crippen LogP contribution is 2.12. The van der Waals surface area contributed by atoms with Gasteiger partial charge >= 0.3 is 5.97 Å². The molecular formula is C15H20N6O2. The van der Waals surface area contributed by atoms with Crippen LogP contribution in [0.1, 0.15) is 25.0 Å². The molecule has 23 heavy (non-hydrogen) atoms. The quantitative estimate of drug-likeness (QED) is 0.721. The zero-order valence-electron chi connectivity index (χ0n) is 12.9. The summed E-state index contributed by atoms with van der Waals surface area (Å²) in [6.07, 6.45) is 7.01. The lowest BCUT2D eigenvalue weighted by Gasteiger charge is -2.28. The van der Waals surface area contributed by atoms with Crippen LogP contribution in [-0.4, -0.2) is 48.0 Å². The van der Waals surface area contributed by atoms with Crippen LogP contribution in [-0.2, 0) is 17.9 Å². The number of nitrogens with zero attached hydrogens (tertiary/aromatic N) is 5. The van der Waals surface area contributed by atoms with Crippen molar-refractivity contribution in [2.24, 2.45) is 5.73 Å². The number of carboxylic acids is 1. The van der Waals surface area contributed by atoms with Crippen LogP contribution >= 0.6 is 0 Å². The van der Waals surface area contributed by atoms with E-state index in [2.05, 4.69) is 19.9 Å². The van der Waals surface area contributed by atoms with Crippen LogP contribution in [0, 0.1) is 0 Å². The predicted octanol–water partition coefficient (Wildman–Crippen LogP) is 0.459. The molecule has 2 rings (SSSR count). The Morgan fingerprint density at radius 3 is 1.91 bits per heavy atom. The second-order valence-corrected chi connectivity index (χ2v) is 5.26. The largest absolute Gasteiger partial charge is 0.480 e. The summed E-state index contributed by atoms with van der Waals surface area (Å²) in [6, 6.07) is 2.49. The van der Waals surface area contributed by atoms with Crippen molar-refractivity contribution in [2.75, 3.05) is 0 Å². The fourth-order valence-corrected chi connectivity index (χ4v) is 2.17. The first kappa shape index (κ1) is 16.9. The first-order chi connectivity index (χ1) is 11.1. The number of rotatable bonds is 8. The van der Waals surface area contributed by atoms with Crippen molar-refractivity contribution in [1.29, 1.82) is 0 Å². The molecule has 0 saturated carbocycles. The predicted molar refractivity (Wildman–Crippen MR) is 83.0 cm³/mol. The topological polar surface area (TPSA) is 118 Å². The molecule has 0 aliphatic carbocycles. The molecular weight excluding hydrogens is 296 g/mol. The maximum absolute atomic E-state index is 11.0. The highest BCUT2D eigenvalue weighted by molar-refractivity contribution is 5.73. The molecule has 0 saturated heterocycles. The van der Waals surface area contributed by atoms with Gasteiger partial charge in [-0.05, 0) is 25.5 Å². The summed E-state index contributed by atoms with van der Waals surface area (Å²) in [6.45, 7) is 2.86. The summed E-state index contributed by atoms with van der Waals surface area (Å²) in [5, 5.41) is 9.00. The minimum Gasteiger partial charge on any atom is -0.480 e. The molecule has 2 atom stereocenters. The van der Waals surface area contributed by atoms with Crippen molar-refractivity contribution in [3.8, 4) is 0 Å². The second-order valence-electron chi connectivity index (χ2n) is 5.26. The van der Waals surface area contributed by atoms with Gasteiger partial charge < -0.3 is 10.8 Å². The second kappa shape index (κ2) is 8.25. The lowest BCUT2D eigenvalue weighted by molar-refractivity contribution is -0.139. The molecule has 0 aliphatic rings. The molecule has 0 bridgehead atoms. The molecule has 2 aromatic heterocycles. The van der Waals surface area contributed by atoms with E-state index < -0.39 is 12.0 Å². The fraction of sp³-hybridized carbons (Fsp3) is 0.400. The lowest BCUT2D eigenvalue weighted by atomic mass is 10.1. The minimum atomic E-state index is -1.01. The SMILES string of the molecule is CC(CC(N)C(=O)O)N(Cc1ncccn1)Cc1ncccn1. The Balaban J connectivity index is 2.11. The number of nitrogens with two attached hydrogens (primary N) is 1. The Hall–Kier alpha value is -2.45. The van der Waals surface area contributed by atoms with Gasteiger partial charge in [0.1, 0.15) is 17.7 Å². The Labute approximate surface area is 134 Å². The van der Waals surface area contributed by atoms with Crippen LogP contribution < -0.4 is 5.73 Å². The number of carbonyl (C=O) groups is 1. The molecule has 0 radical (unpaired) electrons. The van der Waals surface area contributed by atoms with Gasteiger partial charge in [-0.3, -0.25) is 9.69 Å². The van der Waals surface area contributed by atoms with Gasteiger partial charge in [-0.1, -0.05) is 0 Å². The minimum absolute atomic E-state index is 0.0892. The molecule has 0 amide bonds. The Bertz CT molecular complexity index is 568. The van der Waals surface area contributed by atoms with E-state index in [4.69, 9.17) is 10.8 Å². The number of hydrogen-bond donors (Lipinski definition) is 2. The third kappa shape index (κ3) is 5.35. The molecule has 0 aromatic carbocycles. The molecule has 8 nitrogen and oxygen atoms in total. The van der Waals surface area contributed by atoms with E-state index in [1.54, 1.807) is 36.9 Å². The summed E-state index contributed by atoms with van der Waals surface area (Å²) < 4.78 is 0. The van der Waals surface area contributed by atoms with Gasteiger partial charge in [0.15, 0.2) is 0 Å². The van der Waals surface area contributed by atoms with Crippen molar-refractivity contribution in [2.45, 2.75) is 38.5 Å². The molecule has 122 valence electrons. The summed E-state index contributed by atoms with van der Waals surface area (Å²) in [4.78, 5) is 29.9. The number of aliphatic carboxylic acids is 1. The molecule has 0 spiro atoms. The number of hydrogen-bond acceptors (Lipinski definition) is 7. The van der Waals surface area contributed by atoms with Gasteiger partial charge in [0.25, 0.3) is 0 Å². The van der Waals surface area contributed by atoms with Crippen LogP contribution in [0.15, 0.2) is 36.9 Å². The van der Waals surface area contributed by atoms with Gasteiger partial charge in [0.2, 0.25) is 0 Å². The summed E-state index contributed by atoms with van der Waals surface area (Å²) in [5.74, 6) is 0.294. The van der Waals surface area contributed by atoms with Crippen LogP contribution in [0.25, 0.3) is 0 Å². The van der Waals surface area contributed by atoms with E-state index >= 15 is 0 Å². The average Bonchev–Trinajstić information content (AvgIpc) is 2.56. The van der Waals surface area contributed by atoms with Crippen LogP contribution in [0.3, 0.4) is 0 Å². The van der Waals surface area contributed by atoms with Gasteiger partial charge in [-0.2, -0.15) is 0 Å². The van der Waals surface area contributed by atoms with E-state index in [-0.39, 0.29) is 6.04 Å². The van der Waals surface area contributed by atoms with Crippen LogP contribution in [0.2, 0.25) is 0 Å². The van der Waals surface area contributed by atoms with Gasteiger partial charge in [-0.25, -0.2) is 19.9 Å². The Morgan fingerprint density at radius 1 is 1.09 bits per heavy atom. The number of carboxylic acid groups (broad SMARTS) is 1. The Kier molecular flexibility index (Phi) is 6.07. The smallest absolute Gasteiger partial charge is 0.320 e. The maximum atomic E-state index is 11.0. The molecule has 0 fully saturated rings. The lowest BCUT2D eigenvalue weighted by Crippen LogP contribution is -2.41. The normalized spacial score (nSPS) is 13.7. The summed E-state index contributed by atoms with van der Waals surface area (Å²) in [7, 11) is 0. The van der Waals surface area contributed by atoms with Crippen molar-refractivity contribution in [3.63, 3.8) is 0 Å². The van der Waals surface area contributed by atoms with Crippen LogP contribution in [0.5, 0.6) is 0 Å². The van der Waals surface area contributed by atoms with E-state index in [9.17, 15) is 4.79 Å². The highest BCUT2D eigenvalue weighted by atomic mass is 16.4. The van der Waals surface area contributed by atoms with Crippen molar-refractivity contribution >= 4 is 5.97 Å². The van der Waals surface area contributed by atoms with Gasteiger partial charge in [0, 0.05) is 30.8 Å². The molecule has 2 aromatic rings. The molecule has 8 heteroatoms. The Morgan fingerprint density at radius 2 is 1.52 bits per heavy atom. The van der Waals surface area contributed by atoms with E-state index in [1.165, 1.54) is 0 Å². The zero-order valence-corrected chi connectivity index (χ0v) is 12.9. The summed E-state index contributed by atoms with van der Waals surface area (Å²) >= 11 is 0. The zero-order chi connectivity index (χ0) is 16.7. The van der Waals surface area contributed by atoms with Crippen LogP contribution in [0.4, 0.5) is 0 Å². The average molecular weight is 316 g/mol. The monoisotopic (exact) mass is 316 g/mol. The van der Waals surface area contributed by atoms with Crippen molar-refractivity contribution in [1.82, 2.24) is 24.8 Å². The van der Waals surface area contributed by atoms with Gasteiger partial charge in [0.05, 0.1) is 13.1 Å². The first-order valence-corrected chi connectivity index (χ1v) is 7.30. The van der Waals surface area contributed by atoms with Crippen molar-refractivity contribution < 1.29 is 9.90 Å². The van der Waals surface area contributed by atoms with E-state index in [0.29, 0.717) is 31.2 Å². The third-order valence-electron chi connectivity index (χ3n) is 3.46. The van der Waals surface area contributed by atoms with Gasteiger partial charge in [-0.15, -0.1) is 0 Å².